The second-order valence-electron chi connectivity index (χ2n) is 27.8. The maximum atomic E-state index is 13.1. The number of ether oxygens (including phenoxy) is 4. The van der Waals surface area contributed by atoms with E-state index >= 15 is 0 Å². The molecule has 0 saturated carbocycles. The molecular formula is C75H146O17P2. The van der Waals surface area contributed by atoms with Crippen LogP contribution in [0.25, 0.3) is 0 Å². The average Bonchev–Trinajstić information content (AvgIpc) is 1.24. The number of phosphoric ester groups is 2. The summed E-state index contributed by atoms with van der Waals surface area (Å²) < 4.78 is 68.5. The zero-order valence-corrected chi connectivity index (χ0v) is 63.2. The van der Waals surface area contributed by atoms with Crippen molar-refractivity contribution in [2.75, 3.05) is 39.6 Å². The molecular weight excluding hydrogens is 1230 g/mol. The van der Waals surface area contributed by atoms with Crippen molar-refractivity contribution in [3.8, 4) is 0 Å². The summed E-state index contributed by atoms with van der Waals surface area (Å²) in [4.78, 5) is 72.8. The van der Waals surface area contributed by atoms with Gasteiger partial charge in [0.15, 0.2) is 12.2 Å². The number of aliphatic hydroxyl groups is 1. The number of hydrogen-bond acceptors (Lipinski definition) is 15. The second-order valence-corrected chi connectivity index (χ2v) is 30.7. The van der Waals surface area contributed by atoms with Gasteiger partial charge in [-0.05, 0) is 43.4 Å². The molecule has 0 radical (unpaired) electrons. The molecule has 0 bridgehead atoms. The standard InChI is InChI=1S/C75H146O17P2/c1-8-12-13-14-15-16-17-18-19-20-21-22-30-35-44-51-58-74(79)91-70(62-85-72(77)56-49-42-34-29-25-23-27-32-39-46-53-66(5)9-2)64-89-93(81,82)87-60-69(76)61-88-94(83,84)90-65-71(63-86-73(78)57-50-43-38-37-41-48-55-68(7)11-4)92-75(80)59-52-45-36-31-26-24-28-33-40-47-54-67(6)10-3/h66-71,76H,8-65H2,1-7H3,(H,81,82)(H,83,84)/t66?,67?,68?,69-,70-,71-/m1/s1. The average molecular weight is 1380 g/mol. The Morgan fingerprint density at radius 1 is 0.298 bits per heavy atom. The molecule has 558 valence electrons. The zero-order chi connectivity index (χ0) is 69.4. The van der Waals surface area contributed by atoms with Crippen LogP contribution in [0.2, 0.25) is 0 Å². The van der Waals surface area contributed by atoms with Crippen molar-refractivity contribution >= 4 is 39.5 Å². The molecule has 0 aromatic carbocycles. The molecule has 8 atom stereocenters. The van der Waals surface area contributed by atoms with Gasteiger partial charge in [0, 0.05) is 25.7 Å². The third kappa shape index (κ3) is 64.7. The molecule has 5 unspecified atom stereocenters. The molecule has 3 N–H and O–H groups in total. The van der Waals surface area contributed by atoms with Crippen molar-refractivity contribution in [1.29, 1.82) is 0 Å². The molecule has 0 aromatic heterocycles. The lowest BCUT2D eigenvalue weighted by Gasteiger charge is -2.21. The van der Waals surface area contributed by atoms with Gasteiger partial charge in [0.2, 0.25) is 0 Å². The molecule has 19 heteroatoms. The van der Waals surface area contributed by atoms with Gasteiger partial charge in [-0.1, -0.05) is 331 Å². The van der Waals surface area contributed by atoms with Gasteiger partial charge in [-0.15, -0.1) is 0 Å². The quantitative estimate of drug-likeness (QED) is 0.0222. The van der Waals surface area contributed by atoms with E-state index in [0.717, 1.165) is 114 Å². The molecule has 94 heavy (non-hydrogen) atoms. The Labute approximate surface area is 575 Å². The largest absolute Gasteiger partial charge is 0.472 e. The fourth-order valence-corrected chi connectivity index (χ4v) is 12.9. The maximum Gasteiger partial charge on any atom is 0.472 e. The summed E-state index contributed by atoms with van der Waals surface area (Å²) in [6, 6.07) is 0. The number of esters is 4. The SMILES string of the molecule is CCCCCCCCCCCCCCCCCCC(=O)O[C@H](COC(=O)CCCCCCCCCCCCC(C)CC)COP(=O)(O)OC[C@@H](O)COP(=O)(O)OC[C@@H](COC(=O)CCCCCCCCC(C)CC)OC(=O)CCCCCCCCCCCCC(C)CC. The van der Waals surface area contributed by atoms with E-state index in [1.807, 2.05) is 0 Å². The van der Waals surface area contributed by atoms with Crippen LogP contribution in [0.5, 0.6) is 0 Å². The molecule has 0 amide bonds. The van der Waals surface area contributed by atoms with E-state index in [9.17, 15) is 43.2 Å². The molecule has 0 rings (SSSR count). The van der Waals surface area contributed by atoms with Crippen molar-refractivity contribution in [3.63, 3.8) is 0 Å². The Hall–Kier alpha value is -1.94. The van der Waals surface area contributed by atoms with Crippen LogP contribution >= 0.6 is 15.6 Å². The normalized spacial score (nSPS) is 15.0. The van der Waals surface area contributed by atoms with Gasteiger partial charge in [-0.25, -0.2) is 9.13 Å². The fraction of sp³-hybridized carbons (Fsp3) is 0.947. The highest BCUT2D eigenvalue weighted by molar-refractivity contribution is 7.47. The summed E-state index contributed by atoms with van der Waals surface area (Å²) in [5.41, 5.74) is 0. The second kappa shape index (κ2) is 65.7. The number of rotatable bonds is 73. The van der Waals surface area contributed by atoms with Gasteiger partial charge >= 0.3 is 39.5 Å². The van der Waals surface area contributed by atoms with Crippen LogP contribution in [0, 0.1) is 17.8 Å². The molecule has 0 spiro atoms. The highest BCUT2D eigenvalue weighted by Crippen LogP contribution is 2.45. The predicted octanol–water partition coefficient (Wildman–Crippen LogP) is 21.8. The maximum absolute atomic E-state index is 13.1. The minimum atomic E-state index is -4.96. The highest BCUT2D eigenvalue weighted by atomic mass is 31.2. The predicted molar refractivity (Wildman–Crippen MR) is 381 cm³/mol. The summed E-state index contributed by atoms with van der Waals surface area (Å²) in [5, 5.41) is 10.6. The summed E-state index contributed by atoms with van der Waals surface area (Å²) >= 11 is 0. The van der Waals surface area contributed by atoms with Crippen LogP contribution < -0.4 is 0 Å². The lowest BCUT2D eigenvalue weighted by atomic mass is 9.99. The third-order valence-corrected chi connectivity index (χ3v) is 20.4. The smallest absolute Gasteiger partial charge is 0.462 e. The third-order valence-electron chi connectivity index (χ3n) is 18.5. The van der Waals surface area contributed by atoms with Gasteiger partial charge in [0.1, 0.15) is 19.3 Å². The van der Waals surface area contributed by atoms with E-state index in [1.165, 1.54) is 186 Å². The van der Waals surface area contributed by atoms with Gasteiger partial charge in [-0.3, -0.25) is 37.3 Å². The van der Waals surface area contributed by atoms with Gasteiger partial charge in [-0.2, -0.15) is 0 Å². The number of carbonyl (C=O) groups excluding carboxylic acids is 4. The monoisotopic (exact) mass is 1380 g/mol. The zero-order valence-electron chi connectivity index (χ0n) is 61.4. The van der Waals surface area contributed by atoms with Crippen LogP contribution in [0.4, 0.5) is 0 Å². The molecule has 0 aliphatic carbocycles. The molecule has 17 nitrogen and oxygen atoms in total. The lowest BCUT2D eigenvalue weighted by Crippen LogP contribution is -2.30. The molecule has 0 aliphatic heterocycles. The molecule has 0 heterocycles. The van der Waals surface area contributed by atoms with Gasteiger partial charge in [0.25, 0.3) is 0 Å². The van der Waals surface area contributed by atoms with Crippen molar-refractivity contribution in [1.82, 2.24) is 0 Å². The minimum absolute atomic E-state index is 0.105. The van der Waals surface area contributed by atoms with Crippen molar-refractivity contribution in [2.24, 2.45) is 17.8 Å². The number of hydrogen-bond donors (Lipinski definition) is 3. The minimum Gasteiger partial charge on any atom is -0.462 e. The van der Waals surface area contributed by atoms with Crippen molar-refractivity contribution < 1.29 is 80.2 Å². The molecule has 0 saturated heterocycles. The van der Waals surface area contributed by atoms with E-state index in [0.29, 0.717) is 25.7 Å². The first-order chi connectivity index (χ1) is 45.3. The van der Waals surface area contributed by atoms with Crippen molar-refractivity contribution in [3.05, 3.63) is 0 Å². The number of unbranched alkanes of at least 4 members (excludes halogenated alkanes) is 38. The Bertz CT molecular complexity index is 1840. The molecule has 0 aromatic rings. The molecule has 0 fully saturated rings. The van der Waals surface area contributed by atoms with E-state index in [1.54, 1.807) is 0 Å². The van der Waals surface area contributed by atoms with Crippen LogP contribution in [0.3, 0.4) is 0 Å². The number of aliphatic hydroxyl groups excluding tert-OH is 1. The van der Waals surface area contributed by atoms with Crippen LogP contribution in [0.1, 0.15) is 382 Å². The summed E-state index contributed by atoms with van der Waals surface area (Å²) in [6.45, 7) is 11.9. The highest BCUT2D eigenvalue weighted by Gasteiger charge is 2.30. The first-order valence-electron chi connectivity index (χ1n) is 39.0. The van der Waals surface area contributed by atoms with Crippen molar-refractivity contribution in [2.45, 2.75) is 401 Å². The lowest BCUT2D eigenvalue weighted by molar-refractivity contribution is -0.161. The first-order valence-corrected chi connectivity index (χ1v) is 42.0. The van der Waals surface area contributed by atoms with Crippen LogP contribution in [-0.4, -0.2) is 96.7 Å². The topological polar surface area (TPSA) is 237 Å². The summed E-state index contributed by atoms with van der Waals surface area (Å²) in [6.07, 6.45) is 51.1. The molecule has 0 aliphatic rings. The van der Waals surface area contributed by atoms with Crippen LogP contribution in [-0.2, 0) is 65.4 Å². The van der Waals surface area contributed by atoms with Gasteiger partial charge < -0.3 is 33.8 Å². The van der Waals surface area contributed by atoms with E-state index in [4.69, 9.17) is 37.0 Å². The summed E-state index contributed by atoms with van der Waals surface area (Å²) in [5.74, 6) is 0.224. The number of phosphoric acid groups is 2. The Kier molecular flexibility index (Phi) is 64.3. The number of carbonyl (C=O) groups is 4. The van der Waals surface area contributed by atoms with Crippen LogP contribution in [0.15, 0.2) is 0 Å². The Balaban J connectivity index is 5.27. The van der Waals surface area contributed by atoms with E-state index < -0.39 is 97.5 Å². The van der Waals surface area contributed by atoms with E-state index in [-0.39, 0.29) is 25.7 Å². The van der Waals surface area contributed by atoms with E-state index in [2.05, 4.69) is 48.5 Å². The Morgan fingerprint density at radius 2 is 0.511 bits per heavy atom. The Morgan fingerprint density at radius 3 is 0.755 bits per heavy atom. The first kappa shape index (κ1) is 92.1. The van der Waals surface area contributed by atoms with Gasteiger partial charge in [0.05, 0.1) is 26.4 Å². The fourth-order valence-electron chi connectivity index (χ4n) is 11.3. The summed E-state index contributed by atoms with van der Waals surface area (Å²) in [7, 11) is -9.91.